The molecule has 5 heteroatoms. The highest BCUT2D eigenvalue weighted by Crippen LogP contribution is 2.61. The molecule has 1 aromatic carbocycles. The van der Waals surface area contributed by atoms with Crippen molar-refractivity contribution in [3.05, 3.63) is 40.8 Å². The summed E-state index contributed by atoms with van der Waals surface area (Å²) in [6.07, 6.45) is 2.95. The van der Waals surface area contributed by atoms with Gasteiger partial charge in [0.1, 0.15) is 17.1 Å². The molecule has 2 aliphatic rings. The third kappa shape index (κ3) is 3.10. The van der Waals surface area contributed by atoms with Gasteiger partial charge in [-0.25, -0.2) is 4.79 Å². The standard InChI is InChI=1S/C24H30O5/c1-22(2)19-9-7-16(24(4,27)23(19,3)12-11-20(22)25)14-28-17-8-5-15-6-10-21(26)29-18(15)13-17/h5-6,8,10,13,16,19,27H,7,9,11-12,14H2,1-4H3. The van der Waals surface area contributed by atoms with Gasteiger partial charge >= 0.3 is 5.63 Å². The molecule has 0 bridgehead atoms. The molecule has 1 aromatic heterocycles. The van der Waals surface area contributed by atoms with Crippen molar-refractivity contribution < 1.29 is 19.1 Å². The fourth-order valence-electron chi connectivity index (χ4n) is 5.83. The lowest BCUT2D eigenvalue weighted by molar-refractivity contribution is -0.205. The number of aliphatic hydroxyl groups is 1. The lowest BCUT2D eigenvalue weighted by Crippen LogP contribution is -2.64. The minimum absolute atomic E-state index is 0.0359. The number of rotatable bonds is 3. The van der Waals surface area contributed by atoms with Gasteiger partial charge in [0.2, 0.25) is 0 Å². The van der Waals surface area contributed by atoms with Crippen molar-refractivity contribution in [1.82, 2.24) is 0 Å². The van der Waals surface area contributed by atoms with Gasteiger partial charge < -0.3 is 14.3 Å². The van der Waals surface area contributed by atoms with Crippen LogP contribution in [0.25, 0.3) is 11.0 Å². The first-order chi connectivity index (χ1) is 13.6. The van der Waals surface area contributed by atoms with Crippen LogP contribution in [0.15, 0.2) is 39.5 Å². The van der Waals surface area contributed by atoms with Crippen LogP contribution in [-0.4, -0.2) is 23.1 Å². The molecule has 2 aliphatic carbocycles. The molecule has 0 saturated heterocycles. The van der Waals surface area contributed by atoms with Crippen LogP contribution in [-0.2, 0) is 4.79 Å². The molecule has 0 aliphatic heterocycles. The van der Waals surface area contributed by atoms with Gasteiger partial charge in [-0.15, -0.1) is 0 Å². The van der Waals surface area contributed by atoms with Crippen molar-refractivity contribution >= 4 is 16.8 Å². The summed E-state index contributed by atoms with van der Waals surface area (Å²) in [6.45, 7) is 8.51. The summed E-state index contributed by atoms with van der Waals surface area (Å²) in [4.78, 5) is 24.0. The van der Waals surface area contributed by atoms with Gasteiger partial charge in [0.05, 0.1) is 12.2 Å². The van der Waals surface area contributed by atoms with Gasteiger partial charge in [0.25, 0.3) is 0 Å². The molecule has 4 rings (SSSR count). The Bertz CT molecular complexity index is 1000. The van der Waals surface area contributed by atoms with Crippen molar-refractivity contribution in [1.29, 1.82) is 0 Å². The first kappa shape index (κ1) is 20.1. The number of ether oxygens (including phenoxy) is 1. The maximum absolute atomic E-state index is 12.5. The largest absolute Gasteiger partial charge is 0.493 e. The van der Waals surface area contributed by atoms with Crippen LogP contribution >= 0.6 is 0 Å². The van der Waals surface area contributed by atoms with E-state index in [-0.39, 0.29) is 17.3 Å². The van der Waals surface area contributed by atoms with Crippen molar-refractivity contribution in [2.45, 2.75) is 59.0 Å². The highest BCUT2D eigenvalue weighted by molar-refractivity contribution is 5.85. The zero-order valence-electron chi connectivity index (χ0n) is 17.7. The molecule has 156 valence electrons. The van der Waals surface area contributed by atoms with Crippen molar-refractivity contribution in [2.24, 2.45) is 22.7 Å². The van der Waals surface area contributed by atoms with Crippen LogP contribution in [0.5, 0.6) is 5.75 Å². The zero-order valence-corrected chi connectivity index (χ0v) is 17.7. The Hall–Kier alpha value is -2.14. The molecular formula is C24H30O5. The summed E-state index contributed by atoms with van der Waals surface area (Å²) in [5.41, 5.74) is -1.56. The molecule has 4 atom stereocenters. The molecule has 0 amide bonds. The second-order valence-corrected chi connectivity index (χ2v) is 9.80. The lowest BCUT2D eigenvalue weighted by Gasteiger charge is -2.61. The molecule has 1 N–H and O–H groups in total. The second-order valence-electron chi connectivity index (χ2n) is 9.80. The normalized spacial score (nSPS) is 34.0. The van der Waals surface area contributed by atoms with E-state index in [1.807, 2.05) is 32.9 Å². The fraction of sp³-hybridized carbons (Fsp3) is 0.583. The van der Waals surface area contributed by atoms with E-state index >= 15 is 0 Å². The van der Waals surface area contributed by atoms with E-state index in [4.69, 9.17) is 9.15 Å². The lowest BCUT2D eigenvalue weighted by atomic mass is 9.45. The predicted octanol–water partition coefficient (Wildman–Crippen LogP) is 4.34. The van der Waals surface area contributed by atoms with Crippen molar-refractivity contribution in [3.8, 4) is 5.75 Å². The molecule has 0 spiro atoms. The van der Waals surface area contributed by atoms with Crippen LogP contribution in [0.2, 0.25) is 0 Å². The number of hydrogen-bond donors (Lipinski definition) is 1. The highest BCUT2D eigenvalue weighted by atomic mass is 16.5. The van der Waals surface area contributed by atoms with E-state index in [2.05, 4.69) is 6.92 Å². The summed E-state index contributed by atoms with van der Waals surface area (Å²) in [5.74, 6) is 1.06. The minimum Gasteiger partial charge on any atom is -0.493 e. The molecule has 1 heterocycles. The van der Waals surface area contributed by atoms with Gasteiger partial charge in [-0.1, -0.05) is 20.8 Å². The van der Waals surface area contributed by atoms with Crippen LogP contribution in [0.4, 0.5) is 0 Å². The first-order valence-electron chi connectivity index (χ1n) is 10.5. The van der Waals surface area contributed by atoms with E-state index in [0.29, 0.717) is 36.6 Å². The quantitative estimate of drug-likeness (QED) is 0.778. The fourth-order valence-corrected chi connectivity index (χ4v) is 5.83. The monoisotopic (exact) mass is 398 g/mol. The summed E-state index contributed by atoms with van der Waals surface area (Å²) in [5, 5.41) is 12.5. The summed E-state index contributed by atoms with van der Waals surface area (Å²) in [7, 11) is 0. The van der Waals surface area contributed by atoms with E-state index in [1.165, 1.54) is 6.07 Å². The first-order valence-corrected chi connectivity index (χ1v) is 10.5. The average Bonchev–Trinajstić information content (AvgIpc) is 2.65. The smallest absolute Gasteiger partial charge is 0.336 e. The molecule has 2 fully saturated rings. The molecule has 4 unspecified atom stereocenters. The number of Topliss-reactive ketones (excluding diaryl/α,β-unsaturated/α-hetero) is 1. The molecule has 2 aromatic rings. The number of hydrogen-bond acceptors (Lipinski definition) is 5. The number of ketones is 1. The molecule has 2 saturated carbocycles. The molecule has 0 radical (unpaired) electrons. The van der Waals surface area contributed by atoms with Crippen LogP contribution in [0.1, 0.15) is 53.4 Å². The number of fused-ring (bicyclic) bond motifs is 2. The highest BCUT2D eigenvalue weighted by Gasteiger charge is 2.62. The third-order valence-electron chi connectivity index (χ3n) is 8.03. The number of carbonyl (C=O) groups excluding carboxylic acids is 1. The van der Waals surface area contributed by atoms with E-state index in [9.17, 15) is 14.7 Å². The Morgan fingerprint density at radius 3 is 2.59 bits per heavy atom. The SMILES string of the molecule is CC1(C)C(=O)CCC2(C)C1CCC(COc1ccc3ccc(=O)oc3c1)C2(C)O. The Kier molecular flexibility index (Phi) is 4.65. The van der Waals surface area contributed by atoms with Crippen LogP contribution < -0.4 is 10.4 Å². The maximum Gasteiger partial charge on any atom is 0.336 e. The van der Waals surface area contributed by atoms with Gasteiger partial charge in [-0.2, -0.15) is 0 Å². The number of carbonyl (C=O) groups is 1. The number of benzene rings is 1. The molecule has 5 nitrogen and oxygen atoms in total. The van der Waals surface area contributed by atoms with E-state index < -0.39 is 16.6 Å². The summed E-state index contributed by atoms with van der Waals surface area (Å²) >= 11 is 0. The Morgan fingerprint density at radius 1 is 1.10 bits per heavy atom. The Balaban J connectivity index is 1.55. The Labute approximate surface area is 171 Å². The average molecular weight is 398 g/mol. The van der Waals surface area contributed by atoms with Crippen molar-refractivity contribution in [3.63, 3.8) is 0 Å². The van der Waals surface area contributed by atoms with E-state index in [0.717, 1.165) is 18.2 Å². The van der Waals surface area contributed by atoms with Gasteiger partial charge in [0, 0.05) is 40.7 Å². The van der Waals surface area contributed by atoms with Gasteiger partial charge in [0.15, 0.2) is 0 Å². The van der Waals surface area contributed by atoms with Crippen LogP contribution in [0.3, 0.4) is 0 Å². The molecular weight excluding hydrogens is 368 g/mol. The zero-order chi connectivity index (χ0) is 21.0. The summed E-state index contributed by atoms with van der Waals surface area (Å²) < 4.78 is 11.3. The minimum atomic E-state index is -0.933. The van der Waals surface area contributed by atoms with Crippen LogP contribution in [0, 0.1) is 22.7 Å². The van der Waals surface area contributed by atoms with E-state index in [1.54, 1.807) is 12.1 Å². The van der Waals surface area contributed by atoms with Crippen molar-refractivity contribution in [2.75, 3.05) is 6.61 Å². The summed E-state index contributed by atoms with van der Waals surface area (Å²) in [6, 6.07) is 8.56. The van der Waals surface area contributed by atoms with Gasteiger partial charge in [-0.05, 0) is 50.3 Å². The molecule has 29 heavy (non-hydrogen) atoms. The third-order valence-corrected chi connectivity index (χ3v) is 8.03. The predicted molar refractivity (Wildman–Crippen MR) is 111 cm³/mol. The second kappa shape index (κ2) is 6.69. The van der Waals surface area contributed by atoms with Gasteiger partial charge in [-0.3, -0.25) is 4.79 Å². The maximum atomic E-state index is 12.5. The topological polar surface area (TPSA) is 76.7 Å². The Morgan fingerprint density at radius 2 is 1.83 bits per heavy atom.